The van der Waals surface area contributed by atoms with Gasteiger partial charge in [0.15, 0.2) is 0 Å². The lowest BCUT2D eigenvalue weighted by Crippen LogP contribution is -2.27. The standard InChI is InChI=1S/C54H104NO8P/c1-3-5-7-9-11-13-15-17-19-21-23-25-26-27-29-31-33-35-37-39-41-43-45-47-54(58)61-50-52(56)51-63-64(59,60)62-49-48-55-53(57)46-44-42-40-38-36-34-32-30-28-24-22-20-18-16-14-12-10-8-6-4-2/h11,13,17,19,52,56H,3-10,12,14-16,18,20-51H2,1-2H3,(H,55,57)(H,59,60)/b13-11-,19-17-. The number of ether oxygens (including phenoxy) is 1. The van der Waals surface area contributed by atoms with Crippen molar-refractivity contribution in [2.24, 2.45) is 0 Å². The van der Waals surface area contributed by atoms with E-state index in [4.69, 9.17) is 13.8 Å². The van der Waals surface area contributed by atoms with E-state index in [0.717, 1.165) is 44.9 Å². The van der Waals surface area contributed by atoms with Gasteiger partial charge in [-0.2, -0.15) is 0 Å². The number of aliphatic hydroxyl groups is 1. The number of aliphatic hydroxyl groups excluding tert-OH is 1. The summed E-state index contributed by atoms with van der Waals surface area (Å²) in [7, 11) is -4.42. The van der Waals surface area contributed by atoms with E-state index in [9.17, 15) is 24.2 Å². The number of rotatable bonds is 52. The SMILES string of the molecule is CCCCC/C=C\C/C=C\CCCCCCCCCCCCCCCC(=O)OCC(O)COP(=O)(O)OCCNC(=O)CCCCCCCCCCCCCCCCCCCCCC. The quantitative estimate of drug-likeness (QED) is 0.0238. The molecule has 0 spiro atoms. The maximum absolute atomic E-state index is 12.2. The van der Waals surface area contributed by atoms with Crippen LogP contribution >= 0.6 is 7.82 Å². The topological polar surface area (TPSA) is 131 Å². The summed E-state index contributed by atoms with van der Waals surface area (Å²) in [5.41, 5.74) is 0. The first kappa shape index (κ1) is 62.5. The zero-order chi connectivity index (χ0) is 46.7. The third-order valence-corrected chi connectivity index (χ3v) is 13.1. The molecule has 9 nitrogen and oxygen atoms in total. The van der Waals surface area contributed by atoms with E-state index in [1.807, 2.05) is 0 Å². The van der Waals surface area contributed by atoms with E-state index >= 15 is 0 Å². The molecule has 0 bridgehead atoms. The molecular formula is C54H104NO8P. The summed E-state index contributed by atoms with van der Waals surface area (Å²) in [5, 5.41) is 12.8. The first-order valence-electron chi connectivity index (χ1n) is 27.3. The number of carbonyl (C=O) groups is 2. The molecule has 10 heteroatoms. The number of amides is 1. The lowest BCUT2D eigenvalue weighted by Gasteiger charge is -2.15. The molecule has 0 aliphatic heterocycles. The van der Waals surface area contributed by atoms with Gasteiger partial charge in [0.05, 0.1) is 13.2 Å². The number of phosphoric acid groups is 1. The van der Waals surface area contributed by atoms with Crippen molar-refractivity contribution in [2.45, 2.75) is 283 Å². The average molecular weight is 926 g/mol. The van der Waals surface area contributed by atoms with Gasteiger partial charge in [-0.1, -0.05) is 244 Å². The van der Waals surface area contributed by atoms with Crippen molar-refractivity contribution in [2.75, 3.05) is 26.4 Å². The third-order valence-electron chi connectivity index (χ3n) is 12.1. The number of unbranched alkanes of at least 4 members (excludes halogenated alkanes) is 35. The minimum atomic E-state index is -4.42. The summed E-state index contributed by atoms with van der Waals surface area (Å²) in [5.74, 6) is -0.503. The van der Waals surface area contributed by atoms with Gasteiger partial charge in [0.25, 0.3) is 0 Å². The Morgan fingerprint density at radius 2 is 0.844 bits per heavy atom. The second-order valence-corrected chi connectivity index (χ2v) is 20.0. The predicted octanol–water partition coefficient (Wildman–Crippen LogP) is 16.3. The zero-order valence-corrected chi connectivity index (χ0v) is 42.9. The Morgan fingerprint density at radius 1 is 0.484 bits per heavy atom. The zero-order valence-electron chi connectivity index (χ0n) is 42.0. The number of allylic oxidation sites excluding steroid dienone is 4. The summed E-state index contributed by atoms with van der Waals surface area (Å²) >= 11 is 0. The lowest BCUT2D eigenvalue weighted by atomic mass is 10.0. The highest BCUT2D eigenvalue weighted by Crippen LogP contribution is 2.42. The number of phosphoric ester groups is 1. The van der Waals surface area contributed by atoms with Crippen molar-refractivity contribution >= 4 is 19.7 Å². The van der Waals surface area contributed by atoms with E-state index in [-0.39, 0.29) is 32.1 Å². The normalized spacial score (nSPS) is 13.2. The first-order chi connectivity index (χ1) is 31.3. The van der Waals surface area contributed by atoms with Gasteiger partial charge in [0, 0.05) is 19.4 Å². The highest BCUT2D eigenvalue weighted by molar-refractivity contribution is 7.47. The van der Waals surface area contributed by atoms with Crippen LogP contribution in [0.1, 0.15) is 277 Å². The van der Waals surface area contributed by atoms with E-state index in [1.165, 1.54) is 205 Å². The maximum Gasteiger partial charge on any atom is 0.472 e. The largest absolute Gasteiger partial charge is 0.472 e. The molecule has 0 aromatic carbocycles. The molecule has 64 heavy (non-hydrogen) atoms. The van der Waals surface area contributed by atoms with Gasteiger partial charge < -0.3 is 20.1 Å². The molecule has 2 atom stereocenters. The van der Waals surface area contributed by atoms with E-state index < -0.39 is 26.5 Å². The molecule has 0 saturated heterocycles. The molecule has 3 N–H and O–H groups in total. The lowest BCUT2D eigenvalue weighted by molar-refractivity contribution is -0.147. The second kappa shape index (κ2) is 50.9. The Kier molecular flexibility index (Phi) is 49.7. The fourth-order valence-corrected chi connectivity index (χ4v) is 8.76. The average Bonchev–Trinajstić information content (AvgIpc) is 3.28. The van der Waals surface area contributed by atoms with Gasteiger partial charge >= 0.3 is 13.8 Å². The molecule has 0 saturated carbocycles. The molecule has 378 valence electrons. The van der Waals surface area contributed by atoms with Crippen LogP contribution in [-0.2, 0) is 27.9 Å². The molecule has 0 fully saturated rings. The highest BCUT2D eigenvalue weighted by atomic mass is 31.2. The molecule has 1 amide bonds. The highest BCUT2D eigenvalue weighted by Gasteiger charge is 2.23. The van der Waals surface area contributed by atoms with Crippen molar-refractivity contribution in [1.29, 1.82) is 0 Å². The fourth-order valence-electron chi connectivity index (χ4n) is 8.00. The Balaban J connectivity index is 3.51. The van der Waals surface area contributed by atoms with Gasteiger partial charge in [-0.25, -0.2) is 4.57 Å². The van der Waals surface area contributed by atoms with Gasteiger partial charge in [0.1, 0.15) is 12.7 Å². The summed E-state index contributed by atoms with van der Waals surface area (Å²) in [6.07, 6.45) is 58.4. The van der Waals surface area contributed by atoms with Crippen LogP contribution < -0.4 is 5.32 Å². The monoisotopic (exact) mass is 926 g/mol. The second-order valence-electron chi connectivity index (χ2n) is 18.6. The molecule has 0 aromatic rings. The van der Waals surface area contributed by atoms with Crippen LogP contribution in [0.4, 0.5) is 0 Å². The fraction of sp³-hybridized carbons (Fsp3) is 0.889. The van der Waals surface area contributed by atoms with Crippen LogP contribution in [0.15, 0.2) is 24.3 Å². The number of esters is 1. The minimum absolute atomic E-state index is 0.0864. The first-order valence-corrected chi connectivity index (χ1v) is 28.8. The van der Waals surface area contributed by atoms with Gasteiger partial charge in [0.2, 0.25) is 5.91 Å². The van der Waals surface area contributed by atoms with Crippen LogP contribution in [0.5, 0.6) is 0 Å². The Hall–Kier alpha value is -1.51. The molecule has 0 rings (SSSR count). The van der Waals surface area contributed by atoms with Crippen molar-refractivity contribution in [1.82, 2.24) is 5.32 Å². The molecule has 0 aliphatic rings. The van der Waals surface area contributed by atoms with Crippen molar-refractivity contribution in [3.05, 3.63) is 24.3 Å². The molecule has 0 aromatic heterocycles. The van der Waals surface area contributed by atoms with E-state index in [0.29, 0.717) is 6.42 Å². The summed E-state index contributed by atoms with van der Waals surface area (Å²) in [4.78, 5) is 34.1. The molecule has 0 heterocycles. The number of carbonyl (C=O) groups excluding carboxylic acids is 2. The molecular weight excluding hydrogens is 822 g/mol. The summed E-state index contributed by atoms with van der Waals surface area (Å²) in [6.45, 7) is 3.59. The van der Waals surface area contributed by atoms with Crippen LogP contribution in [0, 0.1) is 0 Å². The minimum Gasteiger partial charge on any atom is -0.463 e. The van der Waals surface area contributed by atoms with E-state index in [2.05, 4.69) is 43.5 Å². The van der Waals surface area contributed by atoms with Crippen molar-refractivity contribution in [3.63, 3.8) is 0 Å². The van der Waals surface area contributed by atoms with Gasteiger partial charge in [-0.15, -0.1) is 0 Å². The van der Waals surface area contributed by atoms with Crippen LogP contribution in [0.2, 0.25) is 0 Å². The number of hydrogen-bond donors (Lipinski definition) is 3. The van der Waals surface area contributed by atoms with Crippen molar-refractivity contribution in [3.8, 4) is 0 Å². The van der Waals surface area contributed by atoms with Crippen LogP contribution in [-0.4, -0.2) is 54.3 Å². The van der Waals surface area contributed by atoms with E-state index in [1.54, 1.807) is 0 Å². The summed E-state index contributed by atoms with van der Waals surface area (Å²) in [6, 6.07) is 0. The molecule has 2 unspecified atom stereocenters. The third kappa shape index (κ3) is 51.5. The van der Waals surface area contributed by atoms with Crippen LogP contribution in [0.25, 0.3) is 0 Å². The van der Waals surface area contributed by atoms with Gasteiger partial charge in [-0.3, -0.25) is 18.6 Å². The molecule has 0 radical (unpaired) electrons. The maximum atomic E-state index is 12.2. The Bertz CT molecular complexity index is 1100. The molecule has 0 aliphatic carbocycles. The smallest absolute Gasteiger partial charge is 0.463 e. The Morgan fingerprint density at radius 3 is 1.28 bits per heavy atom. The number of nitrogens with one attached hydrogen (secondary N) is 1. The van der Waals surface area contributed by atoms with Crippen molar-refractivity contribution < 1.29 is 37.9 Å². The van der Waals surface area contributed by atoms with Gasteiger partial charge in [-0.05, 0) is 44.9 Å². The number of hydrogen-bond acceptors (Lipinski definition) is 7. The summed E-state index contributed by atoms with van der Waals surface area (Å²) < 4.78 is 27.0. The Labute approximate surface area is 395 Å². The van der Waals surface area contributed by atoms with Crippen LogP contribution in [0.3, 0.4) is 0 Å². The predicted molar refractivity (Wildman–Crippen MR) is 271 cm³/mol.